The summed E-state index contributed by atoms with van der Waals surface area (Å²) < 4.78 is 10.7. The molecular formula is C23H33N5O4S. The van der Waals surface area contributed by atoms with Crippen LogP contribution in [0.25, 0.3) is 0 Å². The number of carbonyl (C=O) groups excluding carboxylic acids is 2. The first-order valence-electron chi connectivity index (χ1n) is 11.1. The highest BCUT2D eigenvalue weighted by atomic mass is 32.2. The fourth-order valence-corrected chi connectivity index (χ4v) is 4.58. The van der Waals surface area contributed by atoms with Gasteiger partial charge in [-0.3, -0.25) is 9.69 Å². The highest BCUT2D eigenvalue weighted by Gasteiger charge is 2.25. The summed E-state index contributed by atoms with van der Waals surface area (Å²) in [6.07, 6.45) is 1.42. The SMILES string of the molecule is Cc1noc(C)c1CSc1ncccc1C(=O)NCCN1CCN(C(=O)OC(C)(C)C)CC1. The van der Waals surface area contributed by atoms with Gasteiger partial charge in [-0.15, -0.1) is 11.8 Å². The van der Waals surface area contributed by atoms with Crippen molar-refractivity contribution < 1.29 is 18.8 Å². The minimum Gasteiger partial charge on any atom is -0.444 e. The summed E-state index contributed by atoms with van der Waals surface area (Å²) in [6, 6.07) is 3.56. The number of amides is 2. The summed E-state index contributed by atoms with van der Waals surface area (Å²) in [4.78, 5) is 33.3. The molecule has 2 aromatic rings. The van der Waals surface area contributed by atoms with Crippen LogP contribution < -0.4 is 5.32 Å². The number of ether oxygens (including phenoxy) is 1. The standard InChI is InChI=1S/C23H33N5O4S/c1-16-19(17(2)32-26-16)15-33-21-18(7-6-8-25-21)20(29)24-9-10-27-11-13-28(14-12-27)22(30)31-23(3,4)5/h6-8H,9-15H2,1-5H3,(H,24,29). The number of pyridine rings is 1. The quantitative estimate of drug-likeness (QED) is 0.609. The van der Waals surface area contributed by atoms with E-state index in [1.807, 2.05) is 34.6 Å². The molecule has 0 spiro atoms. The van der Waals surface area contributed by atoms with E-state index in [1.54, 1.807) is 23.2 Å². The lowest BCUT2D eigenvalue weighted by molar-refractivity contribution is 0.0147. The number of hydrogen-bond donors (Lipinski definition) is 1. The maximum atomic E-state index is 12.8. The van der Waals surface area contributed by atoms with Crippen LogP contribution in [0.5, 0.6) is 0 Å². The number of piperazine rings is 1. The molecule has 1 saturated heterocycles. The van der Waals surface area contributed by atoms with Crippen molar-refractivity contribution in [2.45, 2.75) is 51.0 Å². The van der Waals surface area contributed by atoms with E-state index in [4.69, 9.17) is 9.26 Å². The third-order valence-electron chi connectivity index (χ3n) is 5.29. The molecular weight excluding hydrogens is 442 g/mol. The molecule has 2 amide bonds. The fraction of sp³-hybridized carbons (Fsp3) is 0.565. The van der Waals surface area contributed by atoms with Gasteiger partial charge in [0.05, 0.1) is 11.3 Å². The minimum atomic E-state index is -0.491. The zero-order valence-electron chi connectivity index (χ0n) is 20.0. The lowest BCUT2D eigenvalue weighted by atomic mass is 10.2. The van der Waals surface area contributed by atoms with Gasteiger partial charge >= 0.3 is 6.09 Å². The summed E-state index contributed by atoms with van der Waals surface area (Å²) in [5, 5.41) is 7.66. The molecule has 3 heterocycles. The van der Waals surface area contributed by atoms with Gasteiger partial charge in [-0.25, -0.2) is 9.78 Å². The van der Waals surface area contributed by atoms with Crippen LogP contribution in [0.1, 0.15) is 48.1 Å². The molecule has 9 nitrogen and oxygen atoms in total. The van der Waals surface area contributed by atoms with Crippen molar-refractivity contribution in [1.82, 2.24) is 25.3 Å². The molecule has 0 aromatic carbocycles. The molecule has 0 radical (unpaired) electrons. The molecule has 1 aliphatic rings. The minimum absolute atomic E-state index is 0.142. The van der Waals surface area contributed by atoms with Gasteiger partial charge in [0.25, 0.3) is 5.91 Å². The van der Waals surface area contributed by atoms with E-state index < -0.39 is 5.60 Å². The van der Waals surface area contributed by atoms with Gasteiger partial charge in [0, 0.05) is 56.8 Å². The Balaban J connectivity index is 1.45. The van der Waals surface area contributed by atoms with Crippen molar-refractivity contribution in [1.29, 1.82) is 0 Å². The summed E-state index contributed by atoms with van der Waals surface area (Å²) in [6.45, 7) is 13.4. The van der Waals surface area contributed by atoms with Gasteiger partial charge in [0.2, 0.25) is 0 Å². The van der Waals surface area contributed by atoms with Crippen LogP contribution in [0, 0.1) is 13.8 Å². The lowest BCUT2D eigenvalue weighted by Crippen LogP contribution is -2.51. The average Bonchev–Trinajstić information content (AvgIpc) is 3.09. The highest BCUT2D eigenvalue weighted by molar-refractivity contribution is 7.98. The molecule has 3 rings (SSSR count). The van der Waals surface area contributed by atoms with Gasteiger partial charge < -0.3 is 19.5 Å². The number of thioether (sulfide) groups is 1. The summed E-state index contributed by atoms with van der Waals surface area (Å²) in [7, 11) is 0. The first-order chi connectivity index (χ1) is 15.6. The Bertz CT molecular complexity index is 945. The Kier molecular flexibility index (Phi) is 8.36. The highest BCUT2D eigenvalue weighted by Crippen LogP contribution is 2.27. The smallest absolute Gasteiger partial charge is 0.410 e. The molecule has 33 heavy (non-hydrogen) atoms. The van der Waals surface area contributed by atoms with Crippen LogP contribution in [-0.4, -0.2) is 76.8 Å². The second kappa shape index (κ2) is 11.0. The largest absolute Gasteiger partial charge is 0.444 e. The van der Waals surface area contributed by atoms with Crippen LogP contribution in [0.4, 0.5) is 4.79 Å². The fourth-order valence-electron chi connectivity index (χ4n) is 3.43. The first-order valence-corrected chi connectivity index (χ1v) is 12.1. The maximum Gasteiger partial charge on any atom is 0.410 e. The molecule has 1 fully saturated rings. The number of nitrogens with zero attached hydrogens (tertiary/aromatic N) is 4. The molecule has 1 aliphatic heterocycles. The average molecular weight is 476 g/mol. The Labute approximate surface area is 199 Å². The lowest BCUT2D eigenvalue weighted by Gasteiger charge is -2.35. The van der Waals surface area contributed by atoms with Gasteiger partial charge in [0.1, 0.15) is 16.4 Å². The van der Waals surface area contributed by atoms with Crippen molar-refractivity contribution in [3.8, 4) is 0 Å². The van der Waals surface area contributed by atoms with Crippen LogP contribution in [-0.2, 0) is 10.5 Å². The first kappa shape index (κ1) is 25.0. The van der Waals surface area contributed by atoms with Crippen molar-refractivity contribution in [2.75, 3.05) is 39.3 Å². The van der Waals surface area contributed by atoms with Crippen molar-refractivity contribution >= 4 is 23.8 Å². The summed E-state index contributed by atoms with van der Waals surface area (Å²) in [5.41, 5.74) is 1.95. The second-order valence-corrected chi connectivity index (χ2v) is 9.98. The number of hydrogen-bond acceptors (Lipinski definition) is 8. The van der Waals surface area contributed by atoms with Crippen LogP contribution >= 0.6 is 11.8 Å². The third-order valence-corrected chi connectivity index (χ3v) is 6.32. The van der Waals surface area contributed by atoms with Crippen LogP contribution in [0.15, 0.2) is 27.9 Å². The molecule has 180 valence electrons. The number of nitrogens with one attached hydrogen (secondary N) is 1. The number of aryl methyl sites for hydroxylation is 2. The van der Waals surface area contributed by atoms with Crippen molar-refractivity contribution in [3.05, 3.63) is 40.9 Å². The molecule has 10 heteroatoms. The van der Waals surface area contributed by atoms with E-state index >= 15 is 0 Å². The summed E-state index contributed by atoms with van der Waals surface area (Å²) >= 11 is 1.50. The predicted molar refractivity (Wildman–Crippen MR) is 126 cm³/mol. The predicted octanol–water partition coefficient (Wildman–Crippen LogP) is 3.26. The van der Waals surface area contributed by atoms with Gasteiger partial charge in [-0.05, 0) is 46.8 Å². The molecule has 2 aromatic heterocycles. The Morgan fingerprint density at radius 1 is 1.21 bits per heavy atom. The van der Waals surface area contributed by atoms with E-state index in [0.29, 0.717) is 36.0 Å². The van der Waals surface area contributed by atoms with Crippen molar-refractivity contribution in [3.63, 3.8) is 0 Å². The van der Waals surface area contributed by atoms with Gasteiger partial charge in [-0.2, -0.15) is 0 Å². The molecule has 0 unspecified atom stereocenters. The molecule has 1 N–H and O–H groups in total. The van der Waals surface area contributed by atoms with E-state index in [2.05, 4.69) is 20.4 Å². The molecule has 0 saturated carbocycles. The van der Waals surface area contributed by atoms with E-state index in [-0.39, 0.29) is 12.0 Å². The monoisotopic (exact) mass is 475 g/mol. The molecule has 0 atom stereocenters. The zero-order valence-corrected chi connectivity index (χ0v) is 20.8. The number of aromatic nitrogens is 2. The van der Waals surface area contributed by atoms with Crippen LogP contribution in [0.2, 0.25) is 0 Å². The third kappa shape index (κ3) is 7.20. The molecule has 0 bridgehead atoms. The van der Waals surface area contributed by atoms with Crippen LogP contribution in [0.3, 0.4) is 0 Å². The van der Waals surface area contributed by atoms with E-state index in [1.165, 1.54) is 11.8 Å². The van der Waals surface area contributed by atoms with Gasteiger partial charge in [0.15, 0.2) is 0 Å². The Hall–Kier alpha value is -2.59. The number of rotatable bonds is 7. The van der Waals surface area contributed by atoms with Crippen molar-refractivity contribution in [2.24, 2.45) is 0 Å². The molecule has 0 aliphatic carbocycles. The number of carbonyl (C=O) groups is 2. The second-order valence-electron chi connectivity index (χ2n) is 9.01. The Morgan fingerprint density at radius 2 is 1.94 bits per heavy atom. The van der Waals surface area contributed by atoms with E-state index in [9.17, 15) is 9.59 Å². The maximum absolute atomic E-state index is 12.8. The Morgan fingerprint density at radius 3 is 2.58 bits per heavy atom. The van der Waals surface area contributed by atoms with Gasteiger partial charge in [-0.1, -0.05) is 5.16 Å². The normalized spacial score (nSPS) is 14.9. The summed E-state index contributed by atoms with van der Waals surface area (Å²) in [5.74, 6) is 1.28. The topological polar surface area (TPSA) is 101 Å². The zero-order chi connectivity index (χ0) is 24.0. The van der Waals surface area contributed by atoms with E-state index in [0.717, 1.165) is 36.7 Å².